The molecule has 2 saturated heterocycles. The van der Waals surface area contributed by atoms with Gasteiger partial charge in [0.2, 0.25) is 11.2 Å². The Morgan fingerprint density at radius 3 is 1.73 bits per heavy atom. The summed E-state index contributed by atoms with van der Waals surface area (Å²) in [5.41, 5.74) is 10.7. The van der Waals surface area contributed by atoms with Crippen molar-refractivity contribution < 1.29 is 28.4 Å². The fourth-order valence-corrected chi connectivity index (χ4v) is 6.98. The highest BCUT2D eigenvalue weighted by atomic mass is 35.5. The van der Waals surface area contributed by atoms with Crippen LogP contribution >= 0.6 is 11.6 Å². The maximum Gasteiger partial charge on any atom is 0.229 e. The predicted octanol–water partition coefficient (Wildman–Crippen LogP) is 4.82. The van der Waals surface area contributed by atoms with Crippen molar-refractivity contribution >= 4 is 40.6 Å². The quantitative estimate of drug-likeness (QED) is 0.172. The topological polar surface area (TPSA) is 187 Å². The largest absolute Gasteiger partial charge is 0.494 e. The summed E-state index contributed by atoms with van der Waals surface area (Å²) in [7, 11) is 7.27. The van der Waals surface area contributed by atoms with E-state index >= 15 is 0 Å². The third-order valence-electron chi connectivity index (χ3n) is 10.6. The van der Waals surface area contributed by atoms with E-state index in [-0.39, 0.29) is 16.4 Å². The van der Waals surface area contributed by atoms with E-state index < -0.39 is 0 Å². The summed E-state index contributed by atoms with van der Waals surface area (Å²) < 4.78 is 36.8. The van der Waals surface area contributed by atoms with Crippen LogP contribution in [0.5, 0.6) is 23.0 Å². The second-order valence-corrected chi connectivity index (χ2v) is 15.0. The van der Waals surface area contributed by atoms with Crippen LogP contribution in [-0.2, 0) is 9.47 Å². The van der Waals surface area contributed by atoms with Crippen molar-refractivity contribution in [3.63, 3.8) is 0 Å². The number of ether oxygens (including phenoxy) is 6. The maximum atomic E-state index is 5.86. The molecule has 0 bridgehead atoms. The molecule has 8 heterocycles. The Balaban J connectivity index is 0.000000136. The molecule has 4 aliphatic heterocycles. The Bertz CT molecular complexity index is 2450. The first-order valence-corrected chi connectivity index (χ1v) is 19.1. The van der Waals surface area contributed by atoms with Crippen LogP contribution in [0.4, 0.5) is 29.0 Å². The molecule has 2 fully saturated rings. The molecule has 0 unspecified atom stereocenters. The number of imidazole rings is 2. The molecule has 19 heteroatoms. The summed E-state index contributed by atoms with van der Waals surface area (Å²) in [5, 5.41) is 3.49. The first-order valence-electron chi connectivity index (χ1n) is 18.7. The van der Waals surface area contributed by atoms with Crippen molar-refractivity contribution in [2.45, 2.75) is 24.9 Å². The van der Waals surface area contributed by atoms with Crippen LogP contribution in [0.25, 0.3) is 11.4 Å². The molecular formula is C40H45ClN12O6. The van der Waals surface area contributed by atoms with Crippen molar-refractivity contribution in [2.75, 3.05) is 88.8 Å². The van der Waals surface area contributed by atoms with E-state index in [0.29, 0.717) is 62.8 Å². The zero-order valence-corrected chi connectivity index (χ0v) is 34.3. The highest BCUT2D eigenvalue weighted by molar-refractivity contribution is 6.28. The lowest BCUT2D eigenvalue weighted by atomic mass is 9.95. The number of nitrogen functional groups attached to an aromatic ring is 1. The number of aromatic nitrogens is 8. The SMILES string of the molecule is CN1c2nc(Cl)ncc2OCC12COC2.COc1cc(N)ccc1-n1cnc(C)c1.COc1cc(Nc2ncc3c(n2)N(C)C2(COC2)CO3)ccc1-n1cnc(C)c1. The second kappa shape index (κ2) is 16.1. The number of fused-ring (bicyclic) bond motifs is 2. The van der Waals surface area contributed by atoms with Crippen LogP contribution in [0.2, 0.25) is 5.28 Å². The van der Waals surface area contributed by atoms with Gasteiger partial charge in [0, 0.05) is 50.0 Å². The normalized spacial score (nSPS) is 16.4. The summed E-state index contributed by atoms with van der Waals surface area (Å²) in [6, 6.07) is 11.4. The molecule has 4 aliphatic rings. The fourth-order valence-electron chi connectivity index (χ4n) is 6.85. The summed E-state index contributed by atoms with van der Waals surface area (Å²) in [4.78, 5) is 29.8. The minimum absolute atomic E-state index is 0.0648. The predicted molar refractivity (Wildman–Crippen MR) is 221 cm³/mol. The van der Waals surface area contributed by atoms with Gasteiger partial charge in [-0.2, -0.15) is 9.97 Å². The lowest BCUT2D eigenvalue weighted by Gasteiger charge is -2.50. The van der Waals surface area contributed by atoms with E-state index in [9.17, 15) is 0 Å². The van der Waals surface area contributed by atoms with Crippen molar-refractivity contribution in [3.8, 4) is 34.4 Å². The Morgan fingerprint density at radius 1 is 0.695 bits per heavy atom. The van der Waals surface area contributed by atoms with E-state index in [4.69, 9.17) is 45.8 Å². The number of methoxy groups -OCH3 is 2. The van der Waals surface area contributed by atoms with Gasteiger partial charge in [0.15, 0.2) is 23.1 Å². The van der Waals surface area contributed by atoms with Crippen LogP contribution in [-0.4, -0.2) is 118 Å². The molecule has 3 N–H and O–H groups in total. The van der Waals surface area contributed by atoms with Crippen LogP contribution in [0, 0.1) is 13.8 Å². The van der Waals surface area contributed by atoms with E-state index in [1.54, 1.807) is 45.3 Å². The van der Waals surface area contributed by atoms with Gasteiger partial charge in [0.05, 0.1) is 88.5 Å². The molecule has 4 aromatic heterocycles. The monoisotopic (exact) mass is 824 g/mol. The molecule has 59 heavy (non-hydrogen) atoms. The molecule has 6 aromatic rings. The van der Waals surface area contributed by atoms with Crippen LogP contribution < -0.4 is 39.8 Å². The molecule has 0 aliphatic carbocycles. The average Bonchev–Trinajstić information content (AvgIpc) is 3.85. The number of aryl methyl sites for hydroxylation is 2. The Kier molecular flexibility index (Phi) is 10.8. The van der Waals surface area contributed by atoms with E-state index in [2.05, 4.69) is 45.0 Å². The van der Waals surface area contributed by atoms with Gasteiger partial charge >= 0.3 is 0 Å². The number of likely N-dealkylation sites (N-methyl/N-ethyl adjacent to an activating group) is 2. The third-order valence-corrected chi connectivity index (χ3v) is 10.8. The van der Waals surface area contributed by atoms with Gasteiger partial charge in [-0.3, -0.25) is 0 Å². The first-order chi connectivity index (χ1) is 28.5. The highest BCUT2D eigenvalue weighted by Gasteiger charge is 2.49. The van der Waals surface area contributed by atoms with E-state index in [1.165, 1.54) is 0 Å². The van der Waals surface area contributed by atoms with Crippen molar-refractivity contribution in [1.82, 2.24) is 39.0 Å². The molecule has 0 saturated carbocycles. The van der Waals surface area contributed by atoms with Gasteiger partial charge in [0.25, 0.3) is 0 Å². The van der Waals surface area contributed by atoms with Crippen molar-refractivity contribution in [2.24, 2.45) is 0 Å². The first kappa shape index (κ1) is 39.5. The zero-order valence-electron chi connectivity index (χ0n) is 33.5. The number of rotatable bonds is 6. The van der Waals surface area contributed by atoms with Gasteiger partial charge < -0.3 is 58.4 Å². The Hall–Kier alpha value is -6.37. The van der Waals surface area contributed by atoms with E-state index in [1.807, 2.05) is 79.8 Å². The van der Waals surface area contributed by atoms with Crippen molar-refractivity contribution in [3.05, 3.63) is 90.5 Å². The van der Waals surface area contributed by atoms with Gasteiger partial charge in [-0.15, -0.1) is 0 Å². The van der Waals surface area contributed by atoms with Gasteiger partial charge in [-0.25, -0.2) is 19.9 Å². The van der Waals surface area contributed by atoms with Crippen LogP contribution in [0.15, 0.2) is 73.8 Å². The molecule has 10 rings (SSSR count). The number of nitrogens with zero attached hydrogens (tertiary/aromatic N) is 10. The van der Waals surface area contributed by atoms with Gasteiger partial charge in [0.1, 0.15) is 35.8 Å². The molecule has 0 atom stereocenters. The number of halogens is 1. The molecule has 2 aromatic carbocycles. The lowest BCUT2D eigenvalue weighted by Crippen LogP contribution is -2.66. The van der Waals surface area contributed by atoms with Gasteiger partial charge in [-0.05, 0) is 49.7 Å². The molecule has 2 spiro atoms. The Morgan fingerprint density at radius 2 is 1.22 bits per heavy atom. The number of nitrogens with one attached hydrogen (secondary N) is 1. The molecule has 0 amide bonds. The Labute approximate surface area is 345 Å². The highest BCUT2D eigenvalue weighted by Crippen LogP contribution is 2.40. The van der Waals surface area contributed by atoms with E-state index in [0.717, 1.165) is 51.6 Å². The third kappa shape index (κ3) is 7.81. The summed E-state index contributed by atoms with van der Waals surface area (Å²) >= 11 is 5.76. The number of benzene rings is 2. The standard InChI is InChI=1S/C20H22N6O3.C11H13N3O.C9H10ClN3O2/c1-13-8-26(12-22-13)15-5-4-14(6-16(15)27-3)23-19-21-7-17-18(24-19)25(2)20(11-29-17)9-28-10-20;1-8-6-14(7-13-8)10-4-3-9(12)5-11(10)15-2;1-13-7-6(2-11-8(10)12-7)15-5-9(13)3-14-4-9/h4-8,12H,9-11H2,1-3H3,(H,21,23,24);3-7H,12H2,1-2H3;2H,3-5H2,1H3. The number of hydrogen-bond donors (Lipinski definition) is 2. The summed E-state index contributed by atoms with van der Waals surface area (Å²) in [5.74, 6) is 4.81. The summed E-state index contributed by atoms with van der Waals surface area (Å²) in [6.45, 7) is 7.72. The number of anilines is 5. The lowest BCUT2D eigenvalue weighted by molar-refractivity contribution is -0.0797. The van der Waals surface area contributed by atoms with Crippen molar-refractivity contribution in [1.29, 1.82) is 0 Å². The molecular weight excluding hydrogens is 780 g/mol. The maximum absolute atomic E-state index is 5.86. The van der Waals surface area contributed by atoms with Gasteiger partial charge in [-0.1, -0.05) is 0 Å². The fraction of sp³-hybridized carbons (Fsp3) is 0.350. The molecule has 18 nitrogen and oxygen atoms in total. The smallest absolute Gasteiger partial charge is 0.229 e. The number of nitrogens with two attached hydrogens (primary N) is 1. The van der Waals surface area contributed by atoms with Crippen LogP contribution in [0.1, 0.15) is 11.4 Å². The molecule has 0 radical (unpaired) electrons. The minimum Gasteiger partial charge on any atom is -0.494 e. The number of hydrogen-bond acceptors (Lipinski definition) is 16. The zero-order chi connectivity index (χ0) is 41.3. The van der Waals surface area contributed by atoms with Crippen LogP contribution in [0.3, 0.4) is 0 Å². The molecule has 308 valence electrons. The minimum atomic E-state index is -0.133. The summed E-state index contributed by atoms with van der Waals surface area (Å²) in [6.07, 6.45) is 10.7. The average molecular weight is 825 g/mol. The second-order valence-electron chi connectivity index (χ2n) is 14.6.